The van der Waals surface area contributed by atoms with Crippen LogP contribution in [0, 0.1) is 0 Å². The molecule has 2 heterocycles. The van der Waals surface area contributed by atoms with Gasteiger partial charge in [-0.25, -0.2) is 13.2 Å². The molecule has 7 heteroatoms. The van der Waals surface area contributed by atoms with Crippen LogP contribution in [0.3, 0.4) is 0 Å². The Morgan fingerprint density at radius 2 is 2.15 bits per heavy atom. The van der Waals surface area contributed by atoms with Gasteiger partial charge in [0.25, 0.3) is 0 Å². The Morgan fingerprint density at radius 1 is 1.35 bits per heavy atom. The first-order valence-electron chi connectivity index (χ1n) is 6.60. The van der Waals surface area contributed by atoms with E-state index in [-0.39, 0.29) is 23.7 Å². The van der Waals surface area contributed by atoms with Gasteiger partial charge in [0.1, 0.15) is 5.75 Å². The van der Waals surface area contributed by atoms with Crippen LogP contribution in [0.15, 0.2) is 23.0 Å². The number of nitrogens with zero attached hydrogens (tertiary/aromatic N) is 1. The Labute approximate surface area is 116 Å². The predicted molar refractivity (Wildman–Crippen MR) is 75.6 cm³/mol. The van der Waals surface area contributed by atoms with Crippen LogP contribution in [0.5, 0.6) is 5.75 Å². The Balaban J connectivity index is 2.04. The van der Waals surface area contributed by atoms with Gasteiger partial charge in [0.2, 0.25) is 0 Å². The monoisotopic (exact) mass is 296 g/mol. The van der Waals surface area contributed by atoms with Crippen molar-refractivity contribution in [3.63, 3.8) is 0 Å². The van der Waals surface area contributed by atoms with Gasteiger partial charge in [-0.2, -0.15) is 0 Å². The van der Waals surface area contributed by atoms with E-state index in [2.05, 4.69) is 4.98 Å². The SMILES string of the molecule is O=c1[nH]c2ccc(O)cc2n1CC1CCCCS1(=O)=O. The molecular formula is C13H16N2O4S. The number of sulfone groups is 1. The lowest BCUT2D eigenvalue weighted by molar-refractivity contribution is 0.475. The molecule has 2 N–H and O–H groups in total. The lowest BCUT2D eigenvalue weighted by atomic mass is 10.2. The lowest BCUT2D eigenvalue weighted by Crippen LogP contribution is -2.34. The maximum atomic E-state index is 12.0. The number of benzene rings is 1. The van der Waals surface area contributed by atoms with Crippen molar-refractivity contribution < 1.29 is 13.5 Å². The van der Waals surface area contributed by atoms with Gasteiger partial charge in [-0.3, -0.25) is 4.57 Å². The van der Waals surface area contributed by atoms with Gasteiger partial charge in [0.15, 0.2) is 9.84 Å². The average Bonchev–Trinajstić information content (AvgIpc) is 2.68. The smallest absolute Gasteiger partial charge is 0.326 e. The van der Waals surface area contributed by atoms with Crippen LogP contribution in [-0.2, 0) is 16.4 Å². The summed E-state index contributed by atoms with van der Waals surface area (Å²) in [5.74, 6) is 0.247. The number of hydrogen-bond acceptors (Lipinski definition) is 4. The number of phenols is 1. The second-order valence-corrected chi connectivity index (χ2v) is 7.63. The summed E-state index contributed by atoms with van der Waals surface area (Å²) in [6.07, 6.45) is 2.15. The molecule has 1 aromatic heterocycles. The summed E-state index contributed by atoms with van der Waals surface area (Å²) in [7, 11) is -3.13. The van der Waals surface area contributed by atoms with E-state index in [9.17, 15) is 18.3 Å². The minimum atomic E-state index is -3.13. The minimum Gasteiger partial charge on any atom is -0.508 e. The van der Waals surface area contributed by atoms with Crippen molar-refractivity contribution in [1.82, 2.24) is 9.55 Å². The van der Waals surface area contributed by atoms with E-state index in [4.69, 9.17) is 0 Å². The van der Waals surface area contributed by atoms with Gasteiger partial charge in [0, 0.05) is 12.6 Å². The van der Waals surface area contributed by atoms with Crippen LogP contribution < -0.4 is 5.69 Å². The van der Waals surface area contributed by atoms with Crippen LogP contribution in [0.25, 0.3) is 11.0 Å². The molecule has 0 bridgehead atoms. The molecule has 1 aliphatic rings. The zero-order valence-electron chi connectivity index (χ0n) is 10.9. The van der Waals surface area contributed by atoms with Crippen LogP contribution in [-0.4, -0.2) is 34.1 Å². The highest BCUT2D eigenvalue weighted by molar-refractivity contribution is 7.92. The third-order valence-electron chi connectivity index (χ3n) is 3.86. The number of hydrogen-bond donors (Lipinski definition) is 2. The third kappa shape index (κ3) is 2.22. The highest BCUT2D eigenvalue weighted by Crippen LogP contribution is 2.23. The molecule has 3 rings (SSSR count). The van der Waals surface area contributed by atoms with E-state index in [1.54, 1.807) is 6.07 Å². The minimum absolute atomic E-state index is 0.0525. The average molecular weight is 296 g/mol. The molecule has 2 aromatic rings. The van der Waals surface area contributed by atoms with Gasteiger partial charge >= 0.3 is 5.69 Å². The number of H-pyrrole nitrogens is 1. The van der Waals surface area contributed by atoms with Crippen molar-refractivity contribution in [3.05, 3.63) is 28.7 Å². The van der Waals surface area contributed by atoms with E-state index in [1.807, 2.05) is 0 Å². The zero-order chi connectivity index (χ0) is 14.3. The van der Waals surface area contributed by atoms with Gasteiger partial charge in [0.05, 0.1) is 22.0 Å². The highest BCUT2D eigenvalue weighted by atomic mass is 32.2. The van der Waals surface area contributed by atoms with Gasteiger partial charge in [-0.1, -0.05) is 6.42 Å². The summed E-state index contributed by atoms with van der Waals surface area (Å²) in [4.78, 5) is 14.6. The van der Waals surface area contributed by atoms with E-state index in [0.717, 1.165) is 6.42 Å². The largest absolute Gasteiger partial charge is 0.508 e. The fourth-order valence-corrected chi connectivity index (χ4v) is 4.59. The van der Waals surface area contributed by atoms with E-state index in [1.165, 1.54) is 16.7 Å². The molecule has 20 heavy (non-hydrogen) atoms. The quantitative estimate of drug-likeness (QED) is 0.865. The molecule has 1 atom stereocenters. The van der Waals surface area contributed by atoms with E-state index >= 15 is 0 Å². The van der Waals surface area contributed by atoms with Crippen LogP contribution in [0.1, 0.15) is 19.3 Å². The molecule has 0 aliphatic carbocycles. The van der Waals surface area contributed by atoms with E-state index < -0.39 is 15.1 Å². The fourth-order valence-electron chi connectivity index (χ4n) is 2.75. The molecule has 1 aliphatic heterocycles. The van der Waals surface area contributed by atoms with Gasteiger partial charge in [-0.05, 0) is 25.0 Å². The van der Waals surface area contributed by atoms with Crippen molar-refractivity contribution in [2.24, 2.45) is 0 Å². The molecule has 0 saturated carbocycles. The number of fused-ring (bicyclic) bond motifs is 1. The second-order valence-electron chi connectivity index (χ2n) is 5.23. The number of phenolic OH excluding ortho intramolecular Hbond substituents is 1. The Hall–Kier alpha value is -1.76. The number of imidazole rings is 1. The Kier molecular flexibility index (Phi) is 3.08. The van der Waals surface area contributed by atoms with Gasteiger partial charge in [-0.15, -0.1) is 0 Å². The van der Waals surface area contributed by atoms with Crippen molar-refractivity contribution >= 4 is 20.9 Å². The molecule has 0 spiro atoms. The predicted octanol–water partition coefficient (Wildman–Crippen LogP) is 1.00. The topological polar surface area (TPSA) is 92.2 Å². The molecule has 1 aromatic carbocycles. The highest BCUT2D eigenvalue weighted by Gasteiger charge is 2.29. The number of rotatable bonds is 2. The Bertz CT molecular complexity index is 803. The van der Waals surface area contributed by atoms with Gasteiger partial charge < -0.3 is 10.1 Å². The van der Waals surface area contributed by atoms with Crippen molar-refractivity contribution in [2.45, 2.75) is 31.1 Å². The summed E-state index contributed by atoms with van der Waals surface area (Å²) in [6, 6.07) is 4.57. The van der Waals surface area contributed by atoms with Crippen molar-refractivity contribution in [3.8, 4) is 5.75 Å². The van der Waals surface area contributed by atoms with Crippen LogP contribution >= 0.6 is 0 Å². The Morgan fingerprint density at radius 3 is 2.90 bits per heavy atom. The van der Waals surface area contributed by atoms with Crippen molar-refractivity contribution in [1.29, 1.82) is 0 Å². The van der Waals surface area contributed by atoms with Crippen molar-refractivity contribution in [2.75, 3.05) is 5.75 Å². The first-order chi connectivity index (χ1) is 9.47. The summed E-state index contributed by atoms with van der Waals surface area (Å²) in [5.41, 5.74) is 0.795. The van der Waals surface area contributed by atoms with Crippen LogP contribution in [0.2, 0.25) is 0 Å². The van der Waals surface area contributed by atoms with Crippen LogP contribution in [0.4, 0.5) is 0 Å². The first kappa shape index (κ1) is 13.2. The summed E-state index contributed by atoms with van der Waals surface area (Å²) in [5, 5.41) is 9.01. The standard InChI is InChI=1S/C13H16N2O4S/c16-9-4-5-11-12(7-9)15(13(17)14-11)8-10-3-1-2-6-20(10,18)19/h4-5,7,10,16H,1-3,6,8H2,(H,14,17). The lowest BCUT2D eigenvalue weighted by Gasteiger charge is -2.22. The second kappa shape index (κ2) is 4.66. The molecule has 1 saturated heterocycles. The fraction of sp³-hybridized carbons (Fsp3) is 0.462. The number of aromatic hydroxyl groups is 1. The molecule has 108 valence electrons. The normalized spacial score (nSPS) is 22.1. The molecule has 1 unspecified atom stereocenters. The summed E-state index contributed by atoms with van der Waals surface area (Å²) >= 11 is 0. The molecule has 0 radical (unpaired) electrons. The number of aromatic nitrogens is 2. The zero-order valence-corrected chi connectivity index (χ0v) is 11.7. The molecular weight excluding hydrogens is 280 g/mol. The number of aromatic amines is 1. The maximum absolute atomic E-state index is 12.0. The first-order valence-corrected chi connectivity index (χ1v) is 8.32. The molecule has 1 fully saturated rings. The third-order valence-corrected chi connectivity index (χ3v) is 6.12. The maximum Gasteiger partial charge on any atom is 0.326 e. The molecule has 0 amide bonds. The molecule has 6 nitrogen and oxygen atoms in total. The number of nitrogens with one attached hydrogen (secondary N) is 1. The summed E-state index contributed by atoms with van der Waals surface area (Å²) in [6.45, 7) is 0.143. The summed E-state index contributed by atoms with van der Waals surface area (Å²) < 4.78 is 25.5. The van der Waals surface area contributed by atoms with E-state index in [0.29, 0.717) is 23.9 Å².